The second-order valence-corrected chi connectivity index (χ2v) is 7.19. The molecule has 0 amide bonds. The highest BCUT2D eigenvalue weighted by Crippen LogP contribution is 2.37. The number of rotatable bonds is 5. The van der Waals surface area contributed by atoms with E-state index in [9.17, 15) is 13.2 Å². The monoisotopic (exact) mass is 489 g/mol. The lowest BCUT2D eigenvalue weighted by Crippen LogP contribution is -2.46. The maximum Gasteiger partial charge on any atom is 0.391 e. The smallest absolute Gasteiger partial charge is 0.357 e. The molecule has 2 rings (SSSR count). The summed E-state index contributed by atoms with van der Waals surface area (Å²) in [5.41, 5.74) is 1.27. The number of alkyl halides is 3. The molecule has 144 valence electrons. The van der Waals surface area contributed by atoms with E-state index in [1.807, 2.05) is 6.92 Å². The van der Waals surface area contributed by atoms with Gasteiger partial charge < -0.3 is 10.6 Å². The number of hydrogen-bond acceptors (Lipinski definition) is 2. The van der Waals surface area contributed by atoms with Crippen LogP contribution in [0.15, 0.2) is 21.8 Å². The van der Waals surface area contributed by atoms with Gasteiger partial charge in [-0.25, -0.2) is 0 Å². The Morgan fingerprint density at radius 2 is 2.00 bits per heavy atom. The summed E-state index contributed by atoms with van der Waals surface area (Å²) in [4.78, 5) is 4.61. The zero-order valence-corrected chi connectivity index (χ0v) is 17.8. The highest BCUT2D eigenvalue weighted by molar-refractivity contribution is 14.0. The normalized spacial score (nSPS) is 22.8. The van der Waals surface area contributed by atoms with Gasteiger partial charge in [0.25, 0.3) is 0 Å². The average Bonchev–Trinajstić information content (AvgIpc) is 3.06. The molecule has 0 spiro atoms. The third-order valence-corrected chi connectivity index (χ3v) is 5.21. The summed E-state index contributed by atoms with van der Waals surface area (Å²) in [6, 6.07) is 2.17. The summed E-state index contributed by atoms with van der Waals surface area (Å²) in [7, 11) is 0. The van der Waals surface area contributed by atoms with Crippen LogP contribution in [-0.2, 0) is 0 Å². The first-order valence-electron chi connectivity index (χ1n) is 8.53. The number of nitrogens with one attached hydrogen (secondary N) is 2. The van der Waals surface area contributed by atoms with Crippen molar-refractivity contribution in [2.24, 2.45) is 10.9 Å². The summed E-state index contributed by atoms with van der Waals surface area (Å²) in [6.45, 7) is 5.50. The summed E-state index contributed by atoms with van der Waals surface area (Å²) < 4.78 is 38.2. The molecule has 1 aliphatic rings. The Balaban J connectivity index is 0.00000312. The fourth-order valence-electron chi connectivity index (χ4n) is 2.97. The fraction of sp³-hybridized carbons (Fsp3) is 0.706. The number of guanidine groups is 1. The fourth-order valence-corrected chi connectivity index (χ4v) is 3.75. The van der Waals surface area contributed by atoms with Crippen LogP contribution in [-0.4, -0.2) is 31.3 Å². The van der Waals surface area contributed by atoms with Crippen molar-refractivity contribution in [3.8, 4) is 0 Å². The van der Waals surface area contributed by atoms with Crippen LogP contribution in [0.25, 0.3) is 0 Å². The first-order valence-corrected chi connectivity index (χ1v) is 9.48. The van der Waals surface area contributed by atoms with E-state index in [4.69, 9.17) is 0 Å². The Bertz CT molecular complexity index is 512. The molecule has 25 heavy (non-hydrogen) atoms. The van der Waals surface area contributed by atoms with E-state index in [1.165, 1.54) is 5.56 Å². The van der Waals surface area contributed by atoms with Crippen LogP contribution in [0.3, 0.4) is 0 Å². The molecule has 8 heteroatoms. The molecule has 0 bridgehead atoms. The van der Waals surface area contributed by atoms with Crippen LogP contribution in [0.1, 0.15) is 51.0 Å². The van der Waals surface area contributed by atoms with Crippen LogP contribution < -0.4 is 10.6 Å². The Morgan fingerprint density at radius 1 is 1.32 bits per heavy atom. The Labute approximate surface area is 168 Å². The predicted octanol–water partition coefficient (Wildman–Crippen LogP) is 5.15. The van der Waals surface area contributed by atoms with Gasteiger partial charge in [0.1, 0.15) is 0 Å². The van der Waals surface area contributed by atoms with Gasteiger partial charge in [0.05, 0.1) is 5.92 Å². The molecule has 3 nitrogen and oxygen atoms in total. The highest BCUT2D eigenvalue weighted by atomic mass is 127. The maximum atomic E-state index is 12.7. The summed E-state index contributed by atoms with van der Waals surface area (Å²) >= 11 is 1.67. The largest absolute Gasteiger partial charge is 0.391 e. The molecule has 0 aliphatic heterocycles. The summed E-state index contributed by atoms with van der Waals surface area (Å²) in [5, 5.41) is 10.7. The molecular formula is C17H27F3IN3S. The molecule has 2 N–H and O–H groups in total. The molecule has 1 aliphatic carbocycles. The minimum Gasteiger partial charge on any atom is -0.357 e. The van der Waals surface area contributed by atoms with Crippen LogP contribution in [0.2, 0.25) is 0 Å². The van der Waals surface area contributed by atoms with Crippen molar-refractivity contribution in [1.82, 2.24) is 10.6 Å². The predicted molar refractivity (Wildman–Crippen MR) is 109 cm³/mol. The number of nitrogens with zero attached hydrogens (tertiary/aromatic N) is 1. The van der Waals surface area contributed by atoms with E-state index in [-0.39, 0.29) is 42.9 Å². The first-order chi connectivity index (χ1) is 11.4. The highest BCUT2D eigenvalue weighted by Gasteiger charge is 2.41. The SMILES string of the molecule is CCNC(=NCC(C)c1ccsc1)NC1CCC(C(F)(F)F)CC1.I. The molecule has 0 saturated heterocycles. The van der Waals surface area contributed by atoms with Crippen molar-refractivity contribution in [3.05, 3.63) is 22.4 Å². The van der Waals surface area contributed by atoms with Gasteiger partial charge in [0, 0.05) is 25.0 Å². The van der Waals surface area contributed by atoms with E-state index in [1.54, 1.807) is 11.3 Å². The van der Waals surface area contributed by atoms with Crippen molar-refractivity contribution in [2.45, 2.75) is 57.7 Å². The molecule has 1 unspecified atom stereocenters. The third kappa shape index (κ3) is 7.32. The number of aliphatic imine (C=N–C) groups is 1. The van der Waals surface area contributed by atoms with Crippen molar-refractivity contribution < 1.29 is 13.2 Å². The number of hydrogen-bond donors (Lipinski definition) is 2. The van der Waals surface area contributed by atoms with Gasteiger partial charge in [-0.3, -0.25) is 4.99 Å². The Kier molecular flexibility index (Phi) is 9.55. The van der Waals surface area contributed by atoms with Gasteiger partial charge >= 0.3 is 6.18 Å². The van der Waals surface area contributed by atoms with Crippen LogP contribution in [0.5, 0.6) is 0 Å². The van der Waals surface area contributed by atoms with E-state index in [2.05, 4.69) is 39.4 Å². The maximum absolute atomic E-state index is 12.7. The lowest BCUT2D eigenvalue weighted by molar-refractivity contribution is -0.182. The van der Waals surface area contributed by atoms with Crippen LogP contribution in [0.4, 0.5) is 13.2 Å². The van der Waals surface area contributed by atoms with E-state index >= 15 is 0 Å². The van der Waals surface area contributed by atoms with Gasteiger partial charge in [-0.15, -0.1) is 24.0 Å². The second kappa shape index (κ2) is 10.6. The van der Waals surface area contributed by atoms with Crippen molar-refractivity contribution in [2.75, 3.05) is 13.1 Å². The van der Waals surface area contributed by atoms with Gasteiger partial charge in [-0.1, -0.05) is 6.92 Å². The Hall–Kier alpha value is -0.510. The zero-order valence-electron chi connectivity index (χ0n) is 14.6. The lowest BCUT2D eigenvalue weighted by Gasteiger charge is -2.31. The van der Waals surface area contributed by atoms with E-state index in [0.717, 1.165) is 6.54 Å². The first kappa shape index (κ1) is 22.5. The number of halogens is 4. The van der Waals surface area contributed by atoms with Gasteiger partial charge in [-0.2, -0.15) is 24.5 Å². The molecular weight excluding hydrogens is 462 g/mol. The van der Waals surface area contributed by atoms with E-state index in [0.29, 0.717) is 31.3 Å². The molecule has 1 saturated carbocycles. The molecule has 1 heterocycles. The molecule has 1 atom stereocenters. The van der Waals surface area contributed by atoms with Gasteiger partial charge in [0.2, 0.25) is 0 Å². The molecule has 0 aromatic carbocycles. The summed E-state index contributed by atoms with van der Waals surface area (Å²) in [5.74, 6) is -0.114. The second-order valence-electron chi connectivity index (χ2n) is 6.41. The summed E-state index contributed by atoms with van der Waals surface area (Å²) in [6.07, 6.45) is -2.58. The minimum absolute atomic E-state index is 0. The molecule has 1 aromatic heterocycles. The molecule has 1 aromatic rings. The Morgan fingerprint density at radius 3 is 2.52 bits per heavy atom. The topological polar surface area (TPSA) is 36.4 Å². The quantitative estimate of drug-likeness (QED) is 0.341. The van der Waals surface area contributed by atoms with Crippen molar-refractivity contribution >= 4 is 41.3 Å². The van der Waals surface area contributed by atoms with Crippen molar-refractivity contribution in [3.63, 3.8) is 0 Å². The van der Waals surface area contributed by atoms with E-state index < -0.39 is 12.1 Å². The minimum atomic E-state index is -4.06. The van der Waals surface area contributed by atoms with Gasteiger partial charge in [0.15, 0.2) is 5.96 Å². The molecule has 0 radical (unpaired) electrons. The standard InChI is InChI=1S/C17H26F3N3S.HI/c1-3-21-16(22-10-12(2)13-8-9-24-11-13)23-15-6-4-14(5-7-15)17(18,19)20;/h8-9,11-12,14-15H,3-7,10H2,1-2H3,(H2,21,22,23);1H. The molecule has 1 fully saturated rings. The third-order valence-electron chi connectivity index (χ3n) is 4.51. The van der Waals surface area contributed by atoms with Crippen LogP contribution in [0, 0.1) is 5.92 Å². The van der Waals surface area contributed by atoms with Crippen LogP contribution >= 0.6 is 35.3 Å². The van der Waals surface area contributed by atoms with Crippen molar-refractivity contribution in [1.29, 1.82) is 0 Å². The van der Waals surface area contributed by atoms with Gasteiger partial charge in [-0.05, 0) is 55.0 Å². The zero-order chi connectivity index (χ0) is 17.6. The lowest BCUT2D eigenvalue weighted by atomic mass is 9.85. The number of thiophene rings is 1. The average molecular weight is 489 g/mol.